The first-order valence-corrected chi connectivity index (χ1v) is 8.06. The van der Waals surface area contributed by atoms with Gasteiger partial charge in [-0.2, -0.15) is 0 Å². The minimum absolute atomic E-state index is 0.115. The molecule has 120 valence electrons. The van der Waals surface area contributed by atoms with E-state index in [1.54, 1.807) is 0 Å². The van der Waals surface area contributed by atoms with E-state index in [0.29, 0.717) is 13.0 Å². The molecular weight excluding hydrogens is 260 g/mol. The van der Waals surface area contributed by atoms with Crippen LogP contribution in [0.3, 0.4) is 0 Å². The van der Waals surface area contributed by atoms with Crippen LogP contribution in [0, 0.1) is 0 Å². The van der Waals surface area contributed by atoms with Gasteiger partial charge in [-0.1, -0.05) is 41.9 Å². The molecule has 0 amide bonds. The number of rotatable bonds is 10. The number of carbonyl (C=O) groups is 1. The van der Waals surface area contributed by atoms with Crippen LogP contribution < -0.4 is 0 Å². The molecule has 0 saturated carbocycles. The maximum atomic E-state index is 11.0. The summed E-state index contributed by atoms with van der Waals surface area (Å²) in [5, 5.41) is 0. The Kier molecular flexibility index (Phi) is 11.7. The highest BCUT2D eigenvalue weighted by atomic mass is 16.5. The van der Waals surface area contributed by atoms with E-state index in [4.69, 9.17) is 4.74 Å². The van der Waals surface area contributed by atoms with Crippen molar-refractivity contribution in [1.29, 1.82) is 0 Å². The number of ether oxygens (including phenoxy) is 1. The lowest BCUT2D eigenvalue weighted by Gasteiger charge is -2.03. The van der Waals surface area contributed by atoms with Crippen molar-refractivity contribution in [3.05, 3.63) is 34.9 Å². The summed E-state index contributed by atoms with van der Waals surface area (Å²) < 4.78 is 5.05. The summed E-state index contributed by atoms with van der Waals surface area (Å²) >= 11 is 0. The fourth-order valence-corrected chi connectivity index (χ4v) is 1.92. The lowest BCUT2D eigenvalue weighted by molar-refractivity contribution is -0.143. The van der Waals surface area contributed by atoms with Crippen molar-refractivity contribution in [2.75, 3.05) is 6.61 Å². The molecule has 0 aromatic heterocycles. The van der Waals surface area contributed by atoms with Crippen molar-refractivity contribution in [3.63, 3.8) is 0 Å². The van der Waals surface area contributed by atoms with Crippen molar-refractivity contribution in [1.82, 2.24) is 0 Å². The van der Waals surface area contributed by atoms with Crippen LogP contribution in [0.1, 0.15) is 73.1 Å². The van der Waals surface area contributed by atoms with Crippen LogP contribution in [0.5, 0.6) is 0 Å². The zero-order valence-corrected chi connectivity index (χ0v) is 14.5. The highest BCUT2D eigenvalue weighted by Crippen LogP contribution is 2.11. The van der Waals surface area contributed by atoms with Crippen LogP contribution in [0.25, 0.3) is 0 Å². The molecule has 2 heteroatoms. The third-order valence-electron chi connectivity index (χ3n) is 3.29. The van der Waals surface area contributed by atoms with Crippen molar-refractivity contribution >= 4 is 5.97 Å². The molecule has 0 aliphatic rings. The highest BCUT2D eigenvalue weighted by molar-refractivity contribution is 5.68. The van der Waals surface area contributed by atoms with Crippen LogP contribution in [0.4, 0.5) is 0 Å². The first-order valence-electron chi connectivity index (χ1n) is 8.06. The van der Waals surface area contributed by atoms with Crippen molar-refractivity contribution in [3.8, 4) is 0 Å². The molecule has 0 fully saturated rings. The van der Waals surface area contributed by atoms with E-state index in [1.165, 1.54) is 16.7 Å². The summed E-state index contributed by atoms with van der Waals surface area (Å²) in [7, 11) is 0. The van der Waals surface area contributed by atoms with E-state index in [0.717, 1.165) is 32.1 Å². The van der Waals surface area contributed by atoms with Crippen molar-refractivity contribution < 1.29 is 9.53 Å². The number of esters is 1. The Balaban J connectivity index is 3.83. The zero-order chi connectivity index (χ0) is 16.1. The van der Waals surface area contributed by atoms with Gasteiger partial charge in [-0.3, -0.25) is 4.79 Å². The highest BCUT2D eigenvalue weighted by Gasteiger charge is 1.96. The Bertz CT molecular complexity index is 382. The molecule has 0 saturated heterocycles. The van der Waals surface area contributed by atoms with Crippen LogP contribution in [0.2, 0.25) is 0 Å². The summed E-state index contributed by atoms with van der Waals surface area (Å²) in [4.78, 5) is 11.0. The number of carbonyl (C=O) groups excluding carboxylic acids is 1. The molecule has 0 atom stereocenters. The second-order valence-corrected chi connectivity index (χ2v) is 5.82. The largest absolute Gasteiger partial charge is 0.465 e. The van der Waals surface area contributed by atoms with Crippen LogP contribution >= 0.6 is 0 Å². The number of allylic oxidation sites excluding steroid dienone is 5. The zero-order valence-electron chi connectivity index (χ0n) is 14.5. The Morgan fingerprint density at radius 3 is 1.90 bits per heavy atom. The first kappa shape index (κ1) is 19.7. The second-order valence-electron chi connectivity index (χ2n) is 5.82. The molecule has 0 aromatic rings. The molecular formula is C19H32O2. The van der Waals surface area contributed by atoms with Gasteiger partial charge in [-0.25, -0.2) is 0 Å². The third-order valence-corrected chi connectivity index (χ3v) is 3.29. The molecule has 0 bridgehead atoms. The fraction of sp³-hybridized carbons (Fsp3) is 0.632. The Labute approximate surface area is 131 Å². The molecule has 0 aliphatic carbocycles. The molecule has 21 heavy (non-hydrogen) atoms. The summed E-state index contributed by atoms with van der Waals surface area (Å²) in [6, 6.07) is 0. The standard InChI is InChI=1S/C19H32O2/c1-6-19(20)21-15-9-14-18(5)13-8-12-17(4)11-7-10-16(2)3/h10,12,14H,6-9,11,13,15H2,1-5H3/b17-12+,18-14?. The average molecular weight is 292 g/mol. The molecule has 0 spiro atoms. The number of hydrogen-bond acceptors (Lipinski definition) is 2. The van der Waals surface area contributed by atoms with Crippen molar-refractivity contribution in [2.45, 2.75) is 73.1 Å². The maximum absolute atomic E-state index is 11.0. The minimum atomic E-state index is -0.115. The van der Waals surface area contributed by atoms with Gasteiger partial charge in [0, 0.05) is 6.42 Å². The summed E-state index contributed by atoms with van der Waals surface area (Å²) in [6.45, 7) is 11.0. The van der Waals surface area contributed by atoms with Crippen molar-refractivity contribution in [2.24, 2.45) is 0 Å². The lowest BCUT2D eigenvalue weighted by Crippen LogP contribution is -2.02. The van der Waals surface area contributed by atoms with Crippen LogP contribution in [0.15, 0.2) is 34.9 Å². The fourth-order valence-electron chi connectivity index (χ4n) is 1.92. The van der Waals surface area contributed by atoms with Gasteiger partial charge in [-0.15, -0.1) is 0 Å². The number of hydrogen-bond donors (Lipinski definition) is 0. The van der Waals surface area contributed by atoms with E-state index in [1.807, 2.05) is 6.92 Å². The first-order chi connectivity index (χ1) is 9.95. The Morgan fingerprint density at radius 1 is 0.857 bits per heavy atom. The van der Waals surface area contributed by atoms with Crippen LogP contribution in [-0.2, 0) is 9.53 Å². The molecule has 0 N–H and O–H groups in total. The minimum Gasteiger partial charge on any atom is -0.465 e. The van der Waals surface area contributed by atoms with Gasteiger partial charge >= 0.3 is 5.97 Å². The van der Waals surface area contributed by atoms with E-state index in [9.17, 15) is 4.79 Å². The van der Waals surface area contributed by atoms with Gasteiger partial charge in [0.15, 0.2) is 0 Å². The average Bonchev–Trinajstić information content (AvgIpc) is 2.42. The summed E-state index contributed by atoms with van der Waals surface area (Å²) in [5.74, 6) is -0.115. The molecule has 0 unspecified atom stereocenters. The molecule has 2 nitrogen and oxygen atoms in total. The molecule has 0 aliphatic heterocycles. The lowest BCUT2D eigenvalue weighted by atomic mass is 10.1. The van der Waals surface area contributed by atoms with E-state index in [-0.39, 0.29) is 5.97 Å². The van der Waals surface area contributed by atoms with Gasteiger partial charge in [-0.05, 0) is 59.8 Å². The molecule has 0 heterocycles. The Hall–Kier alpha value is -1.31. The third kappa shape index (κ3) is 13.4. The molecule has 0 rings (SSSR count). The predicted octanol–water partition coefficient (Wildman–Crippen LogP) is 5.75. The normalized spacial score (nSPS) is 12.2. The quantitative estimate of drug-likeness (QED) is 0.291. The van der Waals surface area contributed by atoms with Gasteiger partial charge in [0.25, 0.3) is 0 Å². The van der Waals surface area contributed by atoms with E-state index < -0.39 is 0 Å². The second kappa shape index (κ2) is 12.4. The van der Waals surface area contributed by atoms with Gasteiger partial charge in [0.05, 0.1) is 6.61 Å². The molecule has 0 aromatic carbocycles. The molecule has 0 radical (unpaired) electrons. The maximum Gasteiger partial charge on any atom is 0.305 e. The predicted molar refractivity (Wildman–Crippen MR) is 91.3 cm³/mol. The van der Waals surface area contributed by atoms with Crippen LogP contribution in [-0.4, -0.2) is 12.6 Å². The van der Waals surface area contributed by atoms with Gasteiger partial charge in [0.1, 0.15) is 0 Å². The van der Waals surface area contributed by atoms with Gasteiger partial charge < -0.3 is 4.74 Å². The van der Waals surface area contributed by atoms with E-state index >= 15 is 0 Å². The SMILES string of the molecule is CCC(=O)OCCC=C(C)CC/C=C(\C)CCC=C(C)C. The van der Waals surface area contributed by atoms with Gasteiger partial charge in [0.2, 0.25) is 0 Å². The smallest absolute Gasteiger partial charge is 0.305 e. The summed E-state index contributed by atoms with van der Waals surface area (Å²) in [6.07, 6.45) is 12.6. The monoisotopic (exact) mass is 292 g/mol. The van der Waals surface area contributed by atoms with E-state index in [2.05, 4.69) is 45.9 Å². The topological polar surface area (TPSA) is 26.3 Å². The summed E-state index contributed by atoms with van der Waals surface area (Å²) in [5.41, 5.74) is 4.23. The Morgan fingerprint density at radius 2 is 1.38 bits per heavy atom.